The van der Waals surface area contributed by atoms with E-state index in [0.29, 0.717) is 0 Å². The lowest BCUT2D eigenvalue weighted by atomic mass is 10.2. The predicted molar refractivity (Wildman–Crippen MR) is 36.0 cm³/mol. The molecule has 0 radical (unpaired) electrons. The molecule has 9 heavy (non-hydrogen) atoms. The van der Waals surface area contributed by atoms with Crippen molar-refractivity contribution < 1.29 is 13.2 Å². The summed E-state index contributed by atoms with van der Waals surface area (Å²) in [7, 11) is -2.39. The first-order valence-corrected chi connectivity index (χ1v) is 4.04. The van der Waals surface area contributed by atoms with Gasteiger partial charge in [0.25, 0.3) is 0 Å². The van der Waals surface area contributed by atoms with Crippen molar-refractivity contribution in [1.29, 1.82) is 0 Å². The molecule has 0 aliphatic rings. The van der Waals surface area contributed by atoms with Gasteiger partial charge in [0, 0.05) is 0 Å². The third-order valence-electron chi connectivity index (χ3n) is 0.603. The van der Waals surface area contributed by atoms with Crippen LogP contribution >= 0.6 is 0 Å². The highest BCUT2D eigenvalue weighted by molar-refractivity contribution is 7.72. The Morgan fingerprint density at radius 2 is 1.78 bits per heavy atom. The van der Waals surface area contributed by atoms with E-state index in [-0.39, 0.29) is 11.5 Å². The summed E-state index contributed by atoms with van der Waals surface area (Å²) >= 11 is 0. The first kappa shape index (κ1) is 8.91. The maximum atomic E-state index is 9.96. The van der Waals surface area contributed by atoms with Gasteiger partial charge in [-0.05, 0) is 20.8 Å². The molecule has 0 aromatic rings. The molecule has 0 atom stereocenters. The highest BCUT2D eigenvalue weighted by Gasteiger charge is 2.09. The first-order chi connectivity index (χ1) is 3.92. The Balaban J connectivity index is 3.52. The molecule has 3 nitrogen and oxygen atoms in total. The molecular weight excluding hydrogens is 140 g/mol. The van der Waals surface area contributed by atoms with Crippen LogP contribution in [0, 0.1) is 0 Å². The molecule has 56 valence electrons. The van der Waals surface area contributed by atoms with Crippen LogP contribution in [0.15, 0.2) is 0 Å². The Labute approximate surface area is 57.0 Å². The van der Waals surface area contributed by atoms with Crippen LogP contribution in [0.4, 0.5) is 0 Å². The third kappa shape index (κ3) is 7.91. The van der Waals surface area contributed by atoms with Crippen molar-refractivity contribution in [2.45, 2.75) is 26.4 Å². The SMILES string of the molecule is CC(C)(C)OC[SH](=O)=O. The van der Waals surface area contributed by atoms with E-state index in [2.05, 4.69) is 0 Å². The topological polar surface area (TPSA) is 43.4 Å². The van der Waals surface area contributed by atoms with Gasteiger partial charge in [0.05, 0.1) is 5.60 Å². The molecule has 0 saturated carbocycles. The van der Waals surface area contributed by atoms with E-state index in [4.69, 9.17) is 4.74 Å². The van der Waals surface area contributed by atoms with Crippen LogP contribution in [0.5, 0.6) is 0 Å². The molecule has 0 N–H and O–H groups in total. The Kier molecular flexibility index (Phi) is 3.14. The van der Waals surface area contributed by atoms with Crippen LogP contribution in [-0.2, 0) is 15.4 Å². The molecule has 0 fully saturated rings. The molecule has 0 aliphatic heterocycles. The van der Waals surface area contributed by atoms with E-state index in [1.807, 2.05) is 20.8 Å². The van der Waals surface area contributed by atoms with Crippen LogP contribution in [-0.4, -0.2) is 20.0 Å². The lowest BCUT2D eigenvalue weighted by Gasteiger charge is -2.16. The largest absolute Gasteiger partial charge is 0.360 e. The van der Waals surface area contributed by atoms with E-state index in [0.717, 1.165) is 0 Å². The van der Waals surface area contributed by atoms with Crippen molar-refractivity contribution in [2.24, 2.45) is 0 Å². The van der Waals surface area contributed by atoms with Gasteiger partial charge in [0.2, 0.25) is 0 Å². The van der Waals surface area contributed by atoms with Gasteiger partial charge < -0.3 is 4.74 Å². The van der Waals surface area contributed by atoms with Gasteiger partial charge in [0.1, 0.15) is 5.94 Å². The van der Waals surface area contributed by atoms with Crippen LogP contribution in [0.25, 0.3) is 0 Å². The summed E-state index contributed by atoms with van der Waals surface area (Å²) in [6.45, 7) is 5.43. The second-order valence-corrected chi connectivity index (χ2v) is 3.64. The number of hydrogen-bond donors (Lipinski definition) is 1. The normalized spacial score (nSPS) is 12.4. The summed E-state index contributed by atoms with van der Waals surface area (Å²) in [6.07, 6.45) is 0. The molecule has 0 bridgehead atoms. The molecule has 0 unspecified atom stereocenters. The lowest BCUT2D eigenvalue weighted by Crippen LogP contribution is -2.20. The minimum Gasteiger partial charge on any atom is -0.360 e. The van der Waals surface area contributed by atoms with Gasteiger partial charge >= 0.3 is 0 Å². The second-order valence-electron chi connectivity index (χ2n) is 2.72. The third-order valence-corrected chi connectivity index (χ3v) is 0.943. The zero-order chi connectivity index (χ0) is 7.49. The molecule has 0 heterocycles. The fraction of sp³-hybridized carbons (Fsp3) is 1.00. The second kappa shape index (κ2) is 3.17. The Hall–Kier alpha value is -0.0900. The molecule has 0 amide bonds. The van der Waals surface area contributed by atoms with E-state index >= 15 is 0 Å². The monoisotopic (exact) mass is 152 g/mol. The Morgan fingerprint density at radius 3 is 1.89 bits per heavy atom. The van der Waals surface area contributed by atoms with Crippen molar-refractivity contribution in [3.63, 3.8) is 0 Å². The molecule has 0 rings (SSSR count). The van der Waals surface area contributed by atoms with Crippen LogP contribution < -0.4 is 0 Å². The molecule has 0 spiro atoms. The predicted octanol–water partition coefficient (Wildman–Crippen LogP) is 0.370. The standard InChI is InChI=1S/C5H12O3S/c1-5(2,3)8-4-9(6)7/h9H,4H2,1-3H3. The average molecular weight is 152 g/mol. The van der Waals surface area contributed by atoms with Crippen molar-refractivity contribution in [2.75, 3.05) is 5.94 Å². The number of hydrogen-bond acceptors (Lipinski definition) is 3. The van der Waals surface area contributed by atoms with Crippen molar-refractivity contribution in [3.8, 4) is 0 Å². The van der Waals surface area contributed by atoms with E-state index in [1.165, 1.54) is 0 Å². The van der Waals surface area contributed by atoms with Crippen LogP contribution in [0.3, 0.4) is 0 Å². The fourth-order valence-electron chi connectivity index (χ4n) is 0.246. The van der Waals surface area contributed by atoms with Crippen molar-refractivity contribution >= 4 is 10.7 Å². The number of thiol groups is 1. The maximum absolute atomic E-state index is 9.96. The first-order valence-electron chi connectivity index (χ1n) is 2.67. The van der Waals surface area contributed by atoms with Gasteiger partial charge in [-0.1, -0.05) is 0 Å². The quantitative estimate of drug-likeness (QED) is 0.581. The molecule has 0 aliphatic carbocycles. The highest BCUT2D eigenvalue weighted by atomic mass is 32.2. The van der Waals surface area contributed by atoms with E-state index in [9.17, 15) is 8.42 Å². The van der Waals surface area contributed by atoms with Crippen molar-refractivity contribution in [1.82, 2.24) is 0 Å². The summed E-state index contributed by atoms with van der Waals surface area (Å²) in [5, 5.41) is 0. The fourth-order valence-corrected chi connectivity index (χ4v) is 0.739. The smallest absolute Gasteiger partial charge is 0.164 e. The summed E-state index contributed by atoms with van der Waals surface area (Å²) < 4.78 is 24.8. The minimum atomic E-state index is -2.39. The zero-order valence-corrected chi connectivity index (χ0v) is 6.77. The minimum absolute atomic E-state index is 0.182. The van der Waals surface area contributed by atoms with E-state index in [1.54, 1.807) is 0 Å². The van der Waals surface area contributed by atoms with Gasteiger partial charge in [-0.25, -0.2) is 8.42 Å². The average Bonchev–Trinajstić information content (AvgIpc) is 1.59. The molecule has 4 heteroatoms. The van der Waals surface area contributed by atoms with Gasteiger partial charge in [-0.2, -0.15) is 0 Å². The molecular formula is C5H12O3S. The summed E-state index contributed by atoms with van der Waals surface area (Å²) in [5.41, 5.74) is -0.352. The molecule has 0 saturated heterocycles. The summed E-state index contributed by atoms with van der Waals surface area (Å²) in [6, 6.07) is 0. The lowest BCUT2D eigenvalue weighted by molar-refractivity contribution is 0.0265. The maximum Gasteiger partial charge on any atom is 0.164 e. The summed E-state index contributed by atoms with van der Waals surface area (Å²) in [5.74, 6) is -0.182. The van der Waals surface area contributed by atoms with Gasteiger partial charge in [-0.15, -0.1) is 0 Å². The van der Waals surface area contributed by atoms with Gasteiger partial charge in [-0.3, -0.25) is 0 Å². The van der Waals surface area contributed by atoms with Crippen LogP contribution in [0.2, 0.25) is 0 Å². The Morgan fingerprint density at radius 1 is 1.33 bits per heavy atom. The zero-order valence-electron chi connectivity index (χ0n) is 5.88. The number of ether oxygens (including phenoxy) is 1. The van der Waals surface area contributed by atoms with Crippen LogP contribution in [0.1, 0.15) is 20.8 Å². The Bertz CT molecular complexity index is 135. The molecule has 0 aromatic carbocycles. The molecule has 0 aromatic heterocycles. The summed E-state index contributed by atoms with van der Waals surface area (Å²) in [4.78, 5) is 0. The van der Waals surface area contributed by atoms with E-state index < -0.39 is 10.7 Å². The highest BCUT2D eigenvalue weighted by Crippen LogP contribution is 2.05. The number of rotatable bonds is 2. The van der Waals surface area contributed by atoms with Gasteiger partial charge in [0.15, 0.2) is 10.7 Å². The van der Waals surface area contributed by atoms with Crippen molar-refractivity contribution in [3.05, 3.63) is 0 Å².